The summed E-state index contributed by atoms with van der Waals surface area (Å²) < 4.78 is 42.9. The van der Waals surface area contributed by atoms with Gasteiger partial charge in [-0.25, -0.2) is 0 Å². The van der Waals surface area contributed by atoms with E-state index in [-0.39, 0.29) is 16.3 Å². The highest BCUT2D eigenvalue weighted by Gasteiger charge is 2.40. The average molecular weight is 268 g/mol. The quantitative estimate of drug-likeness (QED) is 0.890. The minimum atomic E-state index is -4.53. The topological polar surface area (TPSA) is 35.2 Å². The third-order valence-electron chi connectivity index (χ3n) is 2.58. The first-order valence-electron chi connectivity index (χ1n) is 4.86. The maximum Gasteiger partial charge on any atom is 0.407 e. The van der Waals surface area contributed by atoms with Crippen molar-refractivity contribution in [3.05, 3.63) is 27.8 Å². The van der Waals surface area contributed by atoms with Crippen LogP contribution >= 0.6 is 11.6 Å². The van der Waals surface area contributed by atoms with Crippen LogP contribution in [0.15, 0.2) is 6.07 Å². The van der Waals surface area contributed by atoms with E-state index in [1.165, 1.54) is 20.1 Å². The molecule has 0 aliphatic carbocycles. The summed E-state index contributed by atoms with van der Waals surface area (Å²) in [4.78, 5) is 0. The van der Waals surface area contributed by atoms with Crippen LogP contribution in [0, 0.1) is 13.8 Å². The zero-order valence-electron chi connectivity index (χ0n) is 9.65. The molecule has 0 amide bonds. The van der Waals surface area contributed by atoms with Crippen LogP contribution in [0.4, 0.5) is 13.2 Å². The van der Waals surface area contributed by atoms with Gasteiger partial charge in [-0.05, 0) is 31.0 Å². The molecule has 0 spiro atoms. The number of hydrogen-bond donors (Lipinski definition) is 1. The van der Waals surface area contributed by atoms with Crippen LogP contribution in [-0.2, 0) is 0 Å². The Labute approximate surface area is 103 Å². The van der Waals surface area contributed by atoms with Crippen molar-refractivity contribution in [1.82, 2.24) is 0 Å². The van der Waals surface area contributed by atoms with Crippen LogP contribution in [0.25, 0.3) is 0 Å². The number of rotatable bonds is 2. The molecule has 2 N–H and O–H groups in total. The Bertz CT molecular complexity index is 432. The molecular formula is C11H13ClF3NO. The summed E-state index contributed by atoms with van der Waals surface area (Å²) in [6.07, 6.45) is -4.53. The molecule has 1 aromatic carbocycles. The van der Waals surface area contributed by atoms with Crippen molar-refractivity contribution in [2.45, 2.75) is 26.1 Å². The summed E-state index contributed by atoms with van der Waals surface area (Å²) in [7, 11) is 1.30. The molecule has 0 aromatic heterocycles. The van der Waals surface area contributed by atoms with E-state index >= 15 is 0 Å². The number of alkyl halides is 3. The fourth-order valence-electron chi connectivity index (χ4n) is 1.66. The summed E-state index contributed by atoms with van der Waals surface area (Å²) in [6, 6.07) is -0.647. The number of aryl methyl sites for hydroxylation is 1. The summed E-state index contributed by atoms with van der Waals surface area (Å²) in [5.41, 5.74) is 6.04. The predicted molar refractivity (Wildman–Crippen MR) is 60.5 cm³/mol. The van der Waals surface area contributed by atoms with Crippen LogP contribution in [0.3, 0.4) is 0 Å². The molecule has 17 heavy (non-hydrogen) atoms. The fraction of sp³-hybridized carbons (Fsp3) is 0.455. The first-order valence-corrected chi connectivity index (χ1v) is 5.23. The monoisotopic (exact) mass is 267 g/mol. The molecule has 0 fully saturated rings. The zero-order valence-corrected chi connectivity index (χ0v) is 10.4. The van der Waals surface area contributed by atoms with Crippen molar-refractivity contribution < 1.29 is 17.9 Å². The maximum atomic E-state index is 12.6. The smallest absolute Gasteiger partial charge is 0.407 e. The molecule has 2 nitrogen and oxygen atoms in total. The number of hydrogen-bond acceptors (Lipinski definition) is 2. The molecule has 0 radical (unpaired) electrons. The van der Waals surface area contributed by atoms with Crippen LogP contribution in [0.2, 0.25) is 5.02 Å². The van der Waals surface area contributed by atoms with Crippen LogP contribution in [0.5, 0.6) is 5.75 Å². The molecule has 96 valence electrons. The Hall–Kier alpha value is -0.940. The molecule has 6 heteroatoms. The third-order valence-corrected chi connectivity index (χ3v) is 3.16. The zero-order chi connectivity index (χ0) is 13.4. The minimum absolute atomic E-state index is 0.106. The summed E-state index contributed by atoms with van der Waals surface area (Å²) in [6.45, 7) is 3.19. The van der Waals surface area contributed by atoms with Gasteiger partial charge in [0.25, 0.3) is 0 Å². The summed E-state index contributed by atoms with van der Waals surface area (Å²) in [5, 5.41) is 0.278. The first kappa shape index (κ1) is 14.1. The van der Waals surface area contributed by atoms with E-state index in [0.29, 0.717) is 11.1 Å². The lowest BCUT2D eigenvalue weighted by Crippen LogP contribution is -2.29. The SMILES string of the molecule is COc1cc(C)c(Cl)c(C)c1C(N)C(F)(F)F. The van der Waals surface area contributed by atoms with Gasteiger partial charge in [0.2, 0.25) is 0 Å². The van der Waals surface area contributed by atoms with E-state index in [1.54, 1.807) is 6.92 Å². The third kappa shape index (κ3) is 2.66. The molecule has 0 saturated carbocycles. The second-order valence-corrected chi connectivity index (χ2v) is 4.15. The molecule has 0 heterocycles. The maximum absolute atomic E-state index is 12.6. The highest BCUT2D eigenvalue weighted by molar-refractivity contribution is 6.32. The number of nitrogens with two attached hydrogens (primary N) is 1. The van der Waals surface area contributed by atoms with Gasteiger partial charge in [-0.2, -0.15) is 13.2 Å². The summed E-state index contributed by atoms with van der Waals surface area (Å²) in [5.74, 6) is 0.106. The number of ether oxygens (including phenoxy) is 1. The van der Waals surface area contributed by atoms with Crippen molar-refractivity contribution in [3.63, 3.8) is 0 Å². The van der Waals surface area contributed by atoms with Gasteiger partial charge in [0, 0.05) is 10.6 Å². The van der Waals surface area contributed by atoms with Gasteiger partial charge < -0.3 is 10.5 Å². The normalized spacial score (nSPS) is 13.6. The standard InChI is InChI=1S/C11H13ClF3NO/c1-5-4-7(17-3)8(6(2)9(5)12)10(16)11(13,14)15/h4,10H,16H2,1-3H3. The largest absolute Gasteiger partial charge is 0.496 e. The minimum Gasteiger partial charge on any atom is -0.496 e. The first-order chi connectivity index (χ1) is 7.70. The van der Waals surface area contributed by atoms with Crippen LogP contribution < -0.4 is 10.5 Å². The highest BCUT2D eigenvalue weighted by atomic mass is 35.5. The average Bonchev–Trinajstić information content (AvgIpc) is 2.23. The van der Waals surface area contributed by atoms with Gasteiger partial charge >= 0.3 is 6.18 Å². The molecule has 0 saturated heterocycles. The van der Waals surface area contributed by atoms with E-state index in [1.807, 2.05) is 0 Å². The van der Waals surface area contributed by atoms with Gasteiger partial charge in [-0.3, -0.25) is 0 Å². The Kier molecular flexibility index (Phi) is 3.94. The van der Waals surface area contributed by atoms with E-state index < -0.39 is 12.2 Å². The number of halogens is 4. The van der Waals surface area contributed by atoms with Crippen LogP contribution in [0.1, 0.15) is 22.7 Å². The molecule has 1 atom stereocenters. The number of methoxy groups -OCH3 is 1. The Morgan fingerprint density at radius 1 is 1.35 bits per heavy atom. The molecular weight excluding hydrogens is 255 g/mol. The van der Waals surface area contributed by atoms with E-state index in [0.717, 1.165) is 0 Å². The van der Waals surface area contributed by atoms with E-state index in [4.69, 9.17) is 22.1 Å². The molecule has 0 aliphatic rings. The highest BCUT2D eigenvalue weighted by Crippen LogP contribution is 2.40. The lowest BCUT2D eigenvalue weighted by molar-refractivity contribution is -0.149. The van der Waals surface area contributed by atoms with Crippen molar-refractivity contribution >= 4 is 11.6 Å². The number of benzene rings is 1. The lowest BCUT2D eigenvalue weighted by Gasteiger charge is -2.22. The molecule has 0 aliphatic heterocycles. The second-order valence-electron chi connectivity index (χ2n) is 3.77. The predicted octanol–water partition coefficient (Wildman–Crippen LogP) is 3.53. The van der Waals surface area contributed by atoms with Gasteiger partial charge in [0.15, 0.2) is 0 Å². The Morgan fingerprint density at radius 2 is 1.88 bits per heavy atom. The van der Waals surface area contributed by atoms with Crippen molar-refractivity contribution in [2.75, 3.05) is 7.11 Å². The molecule has 1 aromatic rings. The van der Waals surface area contributed by atoms with Gasteiger partial charge in [0.1, 0.15) is 11.8 Å². The molecule has 1 unspecified atom stereocenters. The van der Waals surface area contributed by atoms with Crippen molar-refractivity contribution in [2.24, 2.45) is 5.73 Å². The molecule has 1 rings (SSSR count). The van der Waals surface area contributed by atoms with Crippen molar-refractivity contribution in [1.29, 1.82) is 0 Å². The van der Waals surface area contributed by atoms with Crippen LogP contribution in [-0.4, -0.2) is 13.3 Å². The Balaban J connectivity index is 3.46. The van der Waals surface area contributed by atoms with Crippen molar-refractivity contribution in [3.8, 4) is 5.75 Å². The lowest BCUT2D eigenvalue weighted by atomic mass is 9.98. The second kappa shape index (κ2) is 4.74. The Morgan fingerprint density at radius 3 is 2.29 bits per heavy atom. The van der Waals surface area contributed by atoms with E-state index in [9.17, 15) is 13.2 Å². The van der Waals surface area contributed by atoms with Gasteiger partial charge in [-0.1, -0.05) is 11.6 Å². The molecule has 0 bridgehead atoms. The fourth-order valence-corrected chi connectivity index (χ4v) is 1.81. The van der Waals surface area contributed by atoms with Gasteiger partial charge in [0.05, 0.1) is 7.11 Å². The summed E-state index contributed by atoms with van der Waals surface area (Å²) >= 11 is 5.93. The van der Waals surface area contributed by atoms with Gasteiger partial charge in [-0.15, -0.1) is 0 Å². The van der Waals surface area contributed by atoms with E-state index in [2.05, 4.69) is 0 Å².